The number of benzene rings is 1. The van der Waals surface area contributed by atoms with Gasteiger partial charge in [-0.15, -0.1) is 0 Å². The van der Waals surface area contributed by atoms with Gasteiger partial charge in [0.25, 0.3) is 10.0 Å². The second-order valence-electron chi connectivity index (χ2n) is 8.36. The Morgan fingerprint density at radius 2 is 1.90 bits per heavy atom. The monoisotopic (exact) mass is 446 g/mol. The molecule has 8 nitrogen and oxygen atoms in total. The summed E-state index contributed by atoms with van der Waals surface area (Å²) in [6.45, 7) is 8.12. The van der Waals surface area contributed by atoms with E-state index in [2.05, 4.69) is 46.3 Å². The Labute approximate surface area is 180 Å². The minimum atomic E-state index is -3.78. The SMILES string of the molecule is Cc1ccc(S(=O)(=O)N2C=CC3C(=Nc4cc(C(C)(C)C)[nH]n4)NC(Cl)=NC32)cc1. The lowest BCUT2D eigenvalue weighted by Crippen LogP contribution is -2.47. The fraction of sp³-hybridized carbons (Fsp3) is 0.350. The van der Waals surface area contributed by atoms with Crippen LogP contribution < -0.4 is 5.32 Å². The minimum Gasteiger partial charge on any atom is -0.318 e. The van der Waals surface area contributed by atoms with E-state index < -0.39 is 22.1 Å². The largest absolute Gasteiger partial charge is 0.318 e. The summed E-state index contributed by atoms with van der Waals surface area (Å²) in [5, 5.41) is 10.3. The zero-order valence-electron chi connectivity index (χ0n) is 17.1. The normalized spacial score (nSPS) is 22.8. The maximum atomic E-state index is 13.2. The third-order valence-corrected chi connectivity index (χ3v) is 6.97. The Balaban J connectivity index is 1.66. The summed E-state index contributed by atoms with van der Waals surface area (Å²) in [7, 11) is -3.78. The number of aromatic nitrogens is 2. The molecule has 2 aromatic rings. The third-order valence-electron chi connectivity index (χ3n) is 5.02. The van der Waals surface area contributed by atoms with Crippen LogP contribution in [-0.2, 0) is 15.4 Å². The molecule has 0 amide bonds. The number of nitrogens with one attached hydrogen (secondary N) is 2. The van der Waals surface area contributed by atoms with Gasteiger partial charge in [-0.2, -0.15) is 5.10 Å². The van der Waals surface area contributed by atoms with Crippen LogP contribution in [0.2, 0.25) is 0 Å². The van der Waals surface area contributed by atoms with Crippen LogP contribution in [0, 0.1) is 12.8 Å². The van der Waals surface area contributed by atoms with Crippen LogP contribution in [0.1, 0.15) is 32.0 Å². The highest BCUT2D eigenvalue weighted by Crippen LogP contribution is 2.33. The Kier molecular flexibility index (Phi) is 4.98. The molecular weight excluding hydrogens is 424 g/mol. The molecule has 0 bridgehead atoms. The van der Waals surface area contributed by atoms with Gasteiger partial charge < -0.3 is 5.32 Å². The lowest BCUT2D eigenvalue weighted by Gasteiger charge is -2.30. The van der Waals surface area contributed by atoms with E-state index in [1.54, 1.807) is 30.3 Å². The van der Waals surface area contributed by atoms with Gasteiger partial charge in [0, 0.05) is 23.4 Å². The quantitative estimate of drug-likeness (QED) is 0.705. The Morgan fingerprint density at radius 1 is 1.20 bits per heavy atom. The molecule has 0 fully saturated rings. The molecule has 158 valence electrons. The van der Waals surface area contributed by atoms with Crippen molar-refractivity contribution < 1.29 is 8.42 Å². The van der Waals surface area contributed by atoms with Crippen molar-refractivity contribution in [3.8, 4) is 0 Å². The molecule has 30 heavy (non-hydrogen) atoms. The van der Waals surface area contributed by atoms with Crippen molar-refractivity contribution in [1.82, 2.24) is 19.8 Å². The average Bonchev–Trinajstić information content (AvgIpc) is 3.29. The number of fused-ring (bicyclic) bond motifs is 1. The first kappa shape index (κ1) is 20.6. The lowest BCUT2D eigenvalue weighted by molar-refractivity contribution is 0.402. The van der Waals surface area contributed by atoms with Crippen LogP contribution in [0.15, 0.2) is 57.5 Å². The van der Waals surface area contributed by atoms with E-state index in [0.717, 1.165) is 11.3 Å². The second-order valence-corrected chi connectivity index (χ2v) is 10.6. The number of aliphatic imine (C=N–C) groups is 2. The molecule has 2 atom stereocenters. The molecule has 2 aliphatic heterocycles. The summed E-state index contributed by atoms with van der Waals surface area (Å²) in [5.41, 5.74) is 1.83. The Morgan fingerprint density at radius 3 is 2.53 bits per heavy atom. The van der Waals surface area contributed by atoms with Crippen molar-refractivity contribution in [3.05, 3.63) is 53.9 Å². The average molecular weight is 447 g/mol. The first-order valence-corrected chi connectivity index (χ1v) is 11.3. The number of aromatic amines is 1. The molecule has 10 heteroatoms. The molecule has 0 saturated carbocycles. The maximum Gasteiger partial charge on any atom is 0.265 e. The van der Waals surface area contributed by atoms with Crippen molar-refractivity contribution >= 4 is 38.6 Å². The number of rotatable bonds is 3. The van der Waals surface area contributed by atoms with Gasteiger partial charge in [-0.1, -0.05) is 44.5 Å². The van der Waals surface area contributed by atoms with E-state index in [9.17, 15) is 8.42 Å². The number of halogens is 1. The smallest absolute Gasteiger partial charge is 0.265 e. The molecular formula is C20H23ClN6O2S. The number of hydrogen-bond acceptors (Lipinski definition) is 5. The van der Waals surface area contributed by atoms with Gasteiger partial charge in [-0.25, -0.2) is 22.7 Å². The van der Waals surface area contributed by atoms with Crippen LogP contribution in [0.5, 0.6) is 0 Å². The molecule has 2 aliphatic rings. The van der Waals surface area contributed by atoms with Gasteiger partial charge in [-0.05, 0) is 30.7 Å². The van der Waals surface area contributed by atoms with Crippen molar-refractivity contribution in [3.63, 3.8) is 0 Å². The molecule has 2 unspecified atom stereocenters. The highest BCUT2D eigenvalue weighted by atomic mass is 35.5. The van der Waals surface area contributed by atoms with E-state index >= 15 is 0 Å². The number of H-pyrrole nitrogens is 1. The number of hydrogen-bond donors (Lipinski definition) is 2. The Bertz CT molecular complexity index is 1160. The van der Waals surface area contributed by atoms with Gasteiger partial charge in [0.1, 0.15) is 5.84 Å². The van der Waals surface area contributed by atoms with Crippen LogP contribution in [0.3, 0.4) is 0 Å². The van der Waals surface area contributed by atoms with E-state index in [1.165, 1.54) is 10.5 Å². The van der Waals surface area contributed by atoms with E-state index in [1.807, 2.05) is 13.0 Å². The summed E-state index contributed by atoms with van der Waals surface area (Å²) in [6.07, 6.45) is 2.53. The maximum absolute atomic E-state index is 13.2. The molecule has 0 aliphatic carbocycles. The van der Waals surface area contributed by atoms with E-state index in [0.29, 0.717) is 11.7 Å². The van der Waals surface area contributed by atoms with Crippen LogP contribution in [0.25, 0.3) is 0 Å². The number of aryl methyl sites for hydroxylation is 1. The van der Waals surface area contributed by atoms with Crippen LogP contribution in [-0.4, -0.2) is 40.2 Å². The van der Waals surface area contributed by atoms with Crippen molar-refractivity contribution in [2.24, 2.45) is 15.9 Å². The predicted molar refractivity (Wildman–Crippen MR) is 117 cm³/mol. The second kappa shape index (κ2) is 7.24. The summed E-state index contributed by atoms with van der Waals surface area (Å²) >= 11 is 6.18. The van der Waals surface area contributed by atoms with Crippen LogP contribution >= 0.6 is 11.6 Å². The first-order chi connectivity index (χ1) is 14.1. The van der Waals surface area contributed by atoms with E-state index in [4.69, 9.17) is 11.6 Å². The topological polar surface area (TPSA) is 103 Å². The first-order valence-electron chi connectivity index (χ1n) is 9.49. The highest BCUT2D eigenvalue weighted by Gasteiger charge is 2.42. The zero-order valence-corrected chi connectivity index (χ0v) is 18.7. The predicted octanol–water partition coefficient (Wildman–Crippen LogP) is 3.40. The van der Waals surface area contributed by atoms with Gasteiger partial charge >= 0.3 is 0 Å². The molecule has 1 aromatic carbocycles. The highest BCUT2D eigenvalue weighted by molar-refractivity contribution is 7.89. The minimum absolute atomic E-state index is 0.0781. The van der Waals surface area contributed by atoms with Gasteiger partial charge in [0.2, 0.25) is 0 Å². The lowest BCUT2D eigenvalue weighted by atomic mass is 9.92. The zero-order chi connectivity index (χ0) is 21.7. The number of amidine groups is 2. The van der Waals surface area contributed by atoms with Crippen molar-refractivity contribution in [1.29, 1.82) is 0 Å². The van der Waals surface area contributed by atoms with E-state index in [-0.39, 0.29) is 15.6 Å². The van der Waals surface area contributed by atoms with Gasteiger partial charge in [0.15, 0.2) is 17.3 Å². The fourth-order valence-electron chi connectivity index (χ4n) is 3.26. The van der Waals surface area contributed by atoms with Crippen molar-refractivity contribution in [2.75, 3.05) is 0 Å². The molecule has 3 heterocycles. The third kappa shape index (κ3) is 3.75. The molecule has 2 N–H and O–H groups in total. The molecule has 1 aromatic heterocycles. The molecule has 0 spiro atoms. The standard InChI is InChI=1S/C20H23ClN6O2S/c1-12-5-7-13(8-6-12)30(28,29)27-10-9-14-17(23-19(21)24-18(14)27)22-16-11-15(25-26-16)20(2,3)4/h5-11,14,18H,1-4H3,(H2,22,23,24,25,26). The number of nitrogens with zero attached hydrogens (tertiary/aromatic N) is 4. The number of sulfonamides is 1. The summed E-state index contributed by atoms with van der Waals surface area (Å²) < 4.78 is 27.6. The molecule has 0 saturated heterocycles. The molecule has 0 radical (unpaired) electrons. The summed E-state index contributed by atoms with van der Waals surface area (Å²) in [6, 6.07) is 8.57. The van der Waals surface area contributed by atoms with Crippen molar-refractivity contribution in [2.45, 2.75) is 44.2 Å². The van der Waals surface area contributed by atoms with Gasteiger partial charge in [-0.3, -0.25) is 5.10 Å². The summed E-state index contributed by atoms with van der Waals surface area (Å²) in [4.78, 5) is 9.09. The fourth-order valence-corrected chi connectivity index (χ4v) is 4.88. The summed E-state index contributed by atoms with van der Waals surface area (Å²) in [5.74, 6) is 0.577. The molecule has 4 rings (SSSR count). The Hall–Kier alpha value is -2.65. The van der Waals surface area contributed by atoms with Gasteiger partial charge in [0.05, 0.1) is 10.8 Å². The van der Waals surface area contributed by atoms with Crippen LogP contribution in [0.4, 0.5) is 5.82 Å².